The van der Waals surface area contributed by atoms with Crippen molar-refractivity contribution in [2.45, 2.75) is 13.8 Å². The Hall–Kier alpha value is -0.960. The molecule has 0 aromatic rings. The third-order valence-corrected chi connectivity index (χ3v) is 1.84. The molecule has 0 saturated heterocycles. The van der Waals surface area contributed by atoms with Gasteiger partial charge in [0.2, 0.25) is 0 Å². The maximum atomic E-state index is 13.1. The summed E-state index contributed by atoms with van der Waals surface area (Å²) in [7, 11) is 0. The molecular formula is C11H16F2O. The van der Waals surface area contributed by atoms with Crippen molar-refractivity contribution in [1.82, 2.24) is 0 Å². The Kier molecular flexibility index (Phi) is 6.04. The lowest BCUT2D eigenvalue weighted by Crippen LogP contribution is -2.08. The van der Waals surface area contributed by atoms with E-state index in [0.717, 1.165) is 6.08 Å². The number of hydrogen-bond donors (Lipinski definition) is 0. The molecule has 0 aromatic heterocycles. The predicted molar refractivity (Wildman–Crippen MR) is 54.2 cm³/mol. The van der Waals surface area contributed by atoms with Gasteiger partial charge in [0.25, 0.3) is 0 Å². The van der Waals surface area contributed by atoms with Crippen molar-refractivity contribution in [3.8, 4) is 0 Å². The van der Waals surface area contributed by atoms with E-state index in [1.165, 1.54) is 0 Å². The predicted octanol–water partition coefficient (Wildman–Crippen LogP) is 3.55. The number of rotatable bonds is 6. The van der Waals surface area contributed by atoms with Gasteiger partial charge < -0.3 is 4.74 Å². The first-order valence-corrected chi connectivity index (χ1v) is 4.49. The fraction of sp³-hybridized carbons (Fsp3) is 0.455. The minimum Gasteiger partial charge on any atom is -0.381 e. The third kappa shape index (κ3) is 3.83. The SMILES string of the molecule is C=C/C(F)=C(/F)C(=C)C(C)COCC. The summed E-state index contributed by atoms with van der Waals surface area (Å²) < 4.78 is 31.0. The molecule has 0 aliphatic rings. The zero-order valence-corrected chi connectivity index (χ0v) is 8.65. The van der Waals surface area contributed by atoms with Crippen LogP contribution in [0, 0.1) is 5.92 Å². The smallest absolute Gasteiger partial charge is 0.161 e. The fourth-order valence-corrected chi connectivity index (χ4v) is 0.855. The van der Waals surface area contributed by atoms with Gasteiger partial charge in [-0.25, -0.2) is 8.78 Å². The molecule has 0 aliphatic heterocycles. The summed E-state index contributed by atoms with van der Waals surface area (Å²) in [4.78, 5) is 0. The minimum absolute atomic E-state index is 0.107. The molecule has 0 aromatic carbocycles. The van der Waals surface area contributed by atoms with E-state index < -0.39 is 11.7 Å². The molecule has 0 fully saturated rings. The fourth-order valence-electron chi connectivity index (χ4n) is 0.855. The van der Waals surface area contributed by atoms with Crippen molar-refractivity contribution in [3.63, 3.8) is 0 Å². The van der Waals surface area contributed by atoms with E-state index in [0.29, 0.717) is 13.2 Å². The van der Waals surface area contributed by atoms with E-state index in [1.807, 2.05) is 6.92 Å². The molecule has 0 spiro atoms. The van der Waals surface area contributed by atoms with E-state index in [4.69, 9.17) is 4.74 Å². The highest BCUT2D eigenvalue weighted by atomic mass is 19.2. The lowest BCUT2D eigenvalue weighted by Gasteiger charge is -2.12. The van der Waals surface area contributed by atoms with Gasteiger partial charge in [-0.15, -0.1) is 0 Å². The van der Waals surface area contributed by atoms with Gasteiger partial charge >= 0.3 is 0 Å². The Morgan fingerprint density at radius 1 is 1.50 bits per heavy atom. The van der Waals surface area contributed by atoms with Crippen LogP contribution in [0.1, 0.15) is 13.8 Å². The van der Waals surface area contributed by atoms with E-state index >= 15 is 0 Å². The topological polar surface area (TPSA) is 9.23 Å². The van der Waals surface area contributed by atoms with Gasteiger partial charge in [-0.1, -0.05) is 20.1 Å². The van der Waals surface area contributed by atoms with Crippen LogP contribution in [-0.2, 0) is 4.74 Å². The highest BCUT2D eigenvalue weighted by Crippen LogP contribution is 2.23. The molecule has 0 radical (unpaired) electrons. The Morgan fingerprint density at radius 3 is 2.50 bits per heavy atom. The number of hydrogen-bond acceptors (Lipinski definition) is 1. The molecule has 0 amide bonds. The van der Waals surface area contributed by atoms with Crippen LogP contribution in [0.4, 0.5) is 8.78 Å². The van der Waals surface area contributed by atoms with Crippen molar-refractivity contribution in [2.75, 3.05) is 13.2 Å². The monoisotopic (exact) mass is 202 g/mol. The van der Waals surface area contributed by atoms with Crippen LogP contribution in [0.3, 0.4) is 0 Å². The van der Waals surface area contributed by atoms with Crippen molar-refractivity contribution < 1.29 is 13.5 Å². The van der Waals surface area contributed by atoms with Crippen LogP contribution in [0.15, 0.2) is 36.5 Å². The standard InChI is InChI=1S/C11H16F2O/c1-5-10(12)11(13)9(4)8(3)7-14-6-2/h5,8H,1,4,6-7H2,2-3H3/b11-10-. The van der Waals surface area contributed by atoms with Gasteiger partial charge in [-0.3, -0.25) is 0 Å². The van der Waals surface area contributed by atoms with Crippen LogP contribution >= 0.6 is 0 Å². The largest absolute Gasteiger partial charge is 0.381 e. The number of allylic oxidation sites excluding steroid dienone is 3. The molecule has 14 heavy (non-hydrogen) atoms. The average Bonchev–Trinajstić information content (AvgIpc) is 2.22. The minimum atomic E-state index is -0.974. The Bertz CT molecular complexity index is 244. The van der Waals surface area contributed by atoms with Crippen LogP contribution < -0.4 is 0 Å². The molecule has 1 unspecified atom stereocenters. The van der Waals surface area contributed by atoms with Crippen LogP contribution in [0.5, 0.6) is 0 Å². The van der Waals surface area contributed by atoms with Crippen LogP contribution in [0.25, 0.3) is 0 Å². The quantitative estimate of drug-likeness (QED) is 0.598. The molecule has 0 heterocycles. The van der Waals surface area contributed by atoms with Gasteiger partial charge in [0.15, 0.2) is 11.7 Å². The van der Waals surface area contributed by atoms with Gasteiger partial charge in [0, 0.05) is 12.5 Å². The van der Waals surface area contributed by atoms with Crippen LogP contribution in [-0.4, -0.2) is 13.2 Å². The summed E-state index contributed by atoms with van der Waals surface area (Å²) in [6.45, 7) is 11.1. The van der Waals surface area contributed by atoms with Crippen molar-refractivity contribution >= 4 is 0 Å². The second kappa shape index (κ2) is 6.49. The van der Waals surface area contributed by atoms with Gasteiger partial charge in [-0.05, 0) is 18.6 Å². The zero-order chi connectivity index (χ0) is 11.1. The molecule has 1 atom stereocenters. The second-order valence-corrected chi connectivity index (χ2v) is 2.95. The lowest BCUT2D eigenvalue weighted by atomic mass is 10.0. The van der Waals surface area contributed by atoms with E-state index in [1.54, 1.807) is 6.92 Å². The van der Waals surface area contributed by atoms with Crippen LogP contribution in [0.2, 0.25) is 0 Å². The summed E-state index contributed by atoms with van der Waals surface area (Å²) in [5, 5.41) is 0. The Balaban J connectivity index is 4.39. The first-order chi connectivity index (χ1) is 6.54. The summed E-state index contributed by atoms with van der Waals surface area (Å²) in [5.41, 5.74) is 0.107. The van der Waals surface area contributed by atoms with E-state index in [2.05, 4.69) is 13.2 Å². The molecule has 3 heteroatoms. The maximum Gasteiger partial charge on any atom is 0.161 e. The molecule has 0 N–H and O–H groups in total. The van der Waals surface area contributed by atoms with Crippen molar-refractivity contribution in [1.29, 1.82) is 0 Å². The Labute approximate surface area is 83.8 Å². The number of halogens is 2. The van der Waals surface area contributed by atoms with E-state index in [9.17, 15) is 8.78 Å². The molecule has 0 saturated carbocycles. The molecule has 0 aliphatic carbocycles. The normalized spacial score (nSPS) is 14.6. The zero-order valence-electron chi connectivity index (χ0n) is 8.65. The van der Waals surface area contributed by atoms with Crippen molar-refractivity contribution in [3.05, 3.63) is 36.5 Å². The lowest BCUT2D eigenvalue weighted by molar-refractivity contribution is 0.126. The van der Waals surface area contributed by atoms with Gasteiger partial charge in [-0.2, -0.15) is 0 Å². The molecule has 80 valence electrons. The molecular weight excluding hydrogens is 186 g/mol. The van der Waals surface area contributed by atoms with Gasteiger partial charge in [0.1, 0.15) is 0 Å². The third-order valence-electron chi connectivity index (χ3n) is 1.84. The summed E-state index contributed by atoms with van der Waals surface area (Å²) in [5.74, 6) is -2.15. The first kappa shape index (κ1) is 13.0. The second-order valence-electron chi connectivity index (χ2n) is 2.95. The molecule has 0 bridgehead atoms. The maximum absolute atomic E-state index is 13.1. The average molecular weight is 202 g/mol. The molecule has 1 nitrogen and oxygen atoms in total. The first-order valence-electron chi connectivity index (χ1n) is 4.49. The van der Waals surface area contributed by atoms with Crippen molar-refractivity contribution in [2.24, 2.45) is 5.92 Å². The Morgan fingerprint density at radius 2 is 2.07 bits per heavy atom. The number of ether oxygens (including phenoxy) is 1. The van der Waals surface area contributed by atoms with E-state index in [-0.39, 0.29) is 11.5 Å². The summed E-state index contributed by atoms with van der Waals surface area (Å²) in [6.07, 6.45) is 0.827. The highest BCUT2D eigenvalue weighted by molar-refractivity contribution is 5.30. The molecule has 0 rings (SSSR count). The summed E-state index contributed by atoms with van der Waals surface area (Å²) in [6, 6.07) is 0. The van der Waals surface area contributed by atoms with Gasteiger partial charge in [0.05, 0.1) is 6.61 Å². The highest BCUT2D eigenvalue weighted by Gasteiger charge is 2.14. The summed E-state index contributed by atoms with van der Waals surface area (Å²) >= 11 is 0.